The van der Waals surface area contributed by atoms with Crippen LogP contribution in [-0.4, -0.2) is 12.0 Å². The summed E-state index contributed by atoms with van der Waals surface area (Å²) >= 11 is 11.4. The van der Waals surface area contributed by atoms with Gasteiger partial charge in [0, 0.05) is 17.8 Å². The van der Waals surface area contributed by atoms with Crippen LogP contribution in [0.2, 0.25) is 5.02 Å². The van der Waals surface area contributed by atoms with Gasteiger partial charge in [-0.25, -0.2) is 4.98 Å². The second-order valence-electron chi connectivity index (χ2n) is 4.13. The van der Waals surface area contributed by atoms with Crippen molar-refractivity contribution in [3.05, 3.63) is 44.9 Å². The molecule has 1 aromatic carbocycles. The van der Waals surface area contributed by atoms with Gasteiger partial charge in [-0.15, -0.1) is 11.3 Å². The van der Waals surface area contributed by atoms with Crippen LogP contribution in [0.5, 0.6) is 0 Å². The van der Waals surface area contributed by atoms with Crippen LogP contribution >= 0.6 is 38.9 Å². The summed E-state index contributed by atoms with van der Waals surface area (Å²) in [6.45, 7) is 2.80. The summed E-state index contributed by atoms with van der Waals surface area (Å²) in [7, 11) is 2.03. The highest BCUT2D eigenvalue weighted by molar-refractivity contribution is 9.08. The molecule has 1 aromatic heterocycles. The second kappa shape index (κ2) is 6.04. The SMILES string of the molecule is Cc1nc(CN(C)c2ccc(CBr)cc2Cl)cs1. The first-order valence-corrected chi connectivity index (χ1v) is 7.94. The smallest absolute Gasteiger partial charge is 0.0898 e. The summed E-state index contributed by atoms with van der Waals surface area (Å²) < 4.78 is 0. The van der Waals surface area contributed by atoms with E-state index in [0.717, 1.165) is 33.3 Å². The second-order valence-corrected chi connectivity index (χ2v) is 6.16. The predicted octanol–water partition coefficient (Wildman–Crippen LogP) is 4.64. The lowest BCUT2D eigenvalue weighted by Crippen LogP contribution is -2.17. The van der Waals surface area contributed by atoms with Crippen molar-refractivity contribution in [1.29, 1.82) is 0 Å². The number of anilines is 1. The summed E-state index contributed by atoms with van der Waals surface area (Å²) in [5, 5.41) is 4.79. The topological polar surface area (TPSA) is 16.1 Å². The molecule has 0 saturated carbocycles. The summed E-state index contributed by atoms with van der Waals surface area (Å²) in [5.41, 5.74) is 3.30. The standard InChI is InChI=1S/C13H14BrClN2S/c1-9-16-11(8-18-9)7-17(2)13-4-3-10(6-14)5-12(13)15/h3-5,8H,6-7H2,1-2H3. The molecule has 5 heteroatoms. The lowest BCUT2D eigenvalue weighted by atomic mass is 10.2. The molecule has 0 spiro atoms. The van der Waals surface area contributed by atoms with Crippen LogP contribution in [0.25, 0.3) is 0 Å². The van der Waals surface area contributed by atoms with E-state index in [1.54, 1.807) is 11.3 Å². The van der Waals surface area contributed by atoms with E-state index in [0.29, 0.717) is 0 Å². The van der Waals surface area contributed by atoms with Crippen molar-refractivity contribution in [1.82, 2.24) is 4.98 Å². The van der Waals surface area contributed by atoms with E-state index in [-0.39, 0.29) is 0 Å². The van der Waals surface area contributed by atoms with Crippen LogP contribution in [0.3, 0.4) is 0 Å². The Balaban J connectivity index is 2.15. The van der Waals surface area contributed by atoms with Gasteiger partial charge in [-0.1, -0.05) is 33.6 Å². The van der Waals surface area contributed by atoms with E-state index in [1.807, 2.05) is 20.0 Å². The fourth-order valence-corrected chi connectivity index (χ4v) is 3.05. The zero-order chi connectivity index (χ0) is 13.1. The molecule has 2 aromatic rings. The van der Waals surface area contributed by atoms with Gasteiger partial charge in [0.25, 0.3) is 0 Å². The Hall–Kier alpha value is -0.580. The van der Waals surface area contributed by atoms with Crippen molar-refractivity contribution in [3.8, 4) is 0 Å². The molecule has 0 fully saturated rings. The maximum absolute atomic E-state index is 6.29. The van der Waals surface area contributed by atoms with Crippen molar-refractivity contribution in [2.75, 3.05) is 11.9 Å². The van der Waals surface area contributed by atoms with Gasteiger partial charge in [0.15, 0.2) is 0 Å². The highest BCUT2D eigenvalue weighted by Gasteiger charge is 2.09. The fraction of sp³-hybridized carbons (Fsp3) is 0.308. The molecular weight excluding hydrogens is 332 g/mol. The van der Waals surface area contributed by atoms with E-state index in [2.05, 4.69) is 43.3 Å². The number of halogens is 2. The normalized spacial score (nSPS) is 10.7. The lowest BCUT2D eigenvalue weighted by molar-refractivity contribution is 0.890. The minimum absolute atomic E-state index is 0.776. The average Bonchev–Trinajstić information content (AvgIpc) is 2.74. The Morgan fingerprint density at radius 2 is 2.22 bits per heavy atom. The molecule has 1 heterocycles. The molecule has 0 bridgehead atoms. The third kappa shape index (κ3) is 3.25. The number of aryl methyl sites for hydroxylation is 1. The number of alkyl halides is 1. The van der Waals surface area contributed by atoms with E-state index < -0.39 is 0 Å². The van der Waals surface area contributed by atoms with Gasteiger partial charge in [0.1, 0.15) is 0 Å². The highest BCUT2D eigenvalue weighted by Crippen LogP contribution is 2.28. The number of thiazole rings is 1. The Kier molecular flexibility index (Phi) is 4.65. The van der Waals surface area contributed by atoms with E-state index >= 15 is 0 Å². The van der Waals surface area contributed by atoms with Crippen molar-refractivity contribution >= 4 is 44.6 Å². The molecule has 0 aliphatic rings. The summed E-state index contributed by atoms with van der Waals surface area (Å²) in [4.78, 5) is 6.59. The van der Waals surface area contributed by atoms with Crippen molar-refractivity contribution in [3.63, 3.8) is 0 Å². The molecule has 2 nitrogen and oxygen atoms in total. The molecule has 0 N–H and O–H groups in total. The van der Waals surface area contributed by atoms with Gasteiger partial charge >= 0.3 is 0 Å². The minimum Gasteiger partial charge on any atom is -0.367 e. The maximum Gasteiger partial charge on any atom is 0.0898 e. The highest BCUT2D eigenvalue weighted by atomic mass is 79.9. The molecule has 0 aliphatic carbocycles. The van der Waals surface area contributed by atoms with Crippen LogP contribution in [0.4, 0.5) is 5.69 Å². The quantitative estimate of drug-likeness (QED) is 0.751. The molecule has 0 unspecified atom stereocenters. The third-order valence-corrected chi connectivity index (χ3v) is 4.42. The first-order valence-electron chi connectivity index (χ1n) is 5.56. The third-order valence-electron chi connectivity index (χ3n) is 2.64. The molecule has 0 atom stereocenters. The lowest BCUT2D eigenvalue weighted by Gasteiger charge is -2.20. The first-order chi connectivity index (χ1) is 8.60. The molecule has 96 valence electrons. The van der Waals surface area contributed by atoms with Crippen LogP contribution in [0, 0.1) is 6.92 Å². The Morgan fingerprint density at radius 1 is 1.44 bits per heavy atom. The van der Waals surface area contributed by atoms with E-state index in [9.17, 15) is 0 Å². The number of hydrogen-bond acceptors (Lipinski definition) is 3. The first kappa shape index (κ1) is 13.8. The van der Waals surface area contributed by atoms with Gasteiger partial charge in [0.05, 0.1) is 28.0 Å². The predicted molar refractivity (Wildman–Crippen MR) is 83.0 cm³/mol. The summed E-state index contributed by atoms with van der Waals surface area (Å²) in [5.74, 6) is 0. The summed E-state index contributed by atoms with van der Waals surface area (Å²) in [6.07, 6.45) is 0. The van der Waals surface area contributed by atoms with Crippen LogP contribution in [-0.2, 0) is 11.9 Å². The number of aromatic nitrogens is 1. The molecule has 2 rings (SSSR count). The van der Waals surface area contributed by atoms with Crippen molar-refractivity contribution < 1.29 is 0 Å². The average molecular weight is 346 g/mol. The van der Waals surface area contributed by atoms with E-state index in [4.69, 9.17) is 11.6 Å². The molecule has 0 aliphatic heterocycles. The number of rotatable bonds is 4. The van der Waals surface area contributed by atoms with Crippen LogP contribution in [0.15, 0.2) is 23.6 Å². The van der Waals surface area contributed by atoms with Gasteiger partial charge in [-0.3, -0.25) is 0 Å². The zero-order valence-corrected chi connectivity index (χ0v) is 13.4. The Labute approximate surface area is 125 Å². The molecule has 0 saturated heterocycles. The monoisotopic (exact) mass is 344 g/mol. The molecule has 0 amide bonds. The number of benzene rings is 1. The molecule has 18 heavy (non-hydrogen) atoms. The van der Waals surface area contributed by atoms with Crippen LogP contribution in [0.1, 0.15) is 16.3 Å². The van der Waals surface area contributed by atoms with Gasteiger partial charge in [-0.05, 0) is 24.6 Å². The Bertz CT molecular complexity index is 542. The van der Waals surface area contributed by atoms with Crippen molar-refractivity contribution in [2.24, 2.45) is 0 Å². The van der Waals surface area contributed by atoms with E-state index in [1.165, 1.54) is 5.56 Å². The molecule has 0 radical (unpaired) electrons. The Morgan fingerprint density at radius 3 is 2.78 bits per heavy atom. The van der Waals surface area contributed by atoms with Gasteiger partial charge in [0.2, 0.25) is 0 Å². The summed E-state index contributed by atoms with van der Waals surface area (Å²) in [6, 6.07) is 6.13. The van der Waals surface area contributed by atoms with Crippen molar-refractivity contribution in [2.45, 2.75) is 18.8 Å². The number of hydrogen-bond donors (Lipinski definition) is 0. The molecular formula is C13H14BrClN2S. The fourth-order valence-electron chi connectivity index (χ4n) is 1.75. The van der Waals surface area contributed by atoms with Gasteiger partial charge < -0.3 is 4.90 Å². The number of nitrogens with zero attached hydrogens (tertiary/aromatic N) is 2. The maximum atomic E-state index is 6.29. The zero-order valence-electron chi connectivity index (χ0n) is 10.3. The van der Waals surface area contributed by atoms with Gasteiger partial charge in [-0.2, -0.15) is 0 Å². The largest absolute Gasteiger partial charge is 0.367 e. The van der Waals surface area contributed by atoms with Crippen LogP contribution < -0.4 is 4.90 Å². The minimum atomic E-state index is 0.776.